The summed E-state index contributed by atoms with van der Waals surface area (Å²) in [7, 11) is 0. The predicted octanol–water partition coefficient (Wildman–Crippen LogP) is 1.76. The summed E-state index contributed by atoms with van der Waals surface area (Å²) in [5.41, 5.74) is 1.04. The molecular weight excluding hydrogens is 174 g/mol. The third-order valence-electron chi connectivity index (χ3n) is 1.65. The zero-order valence-corrected chi connectivity index (χ0v) is 7.56. The first kappa shape index (κ1) is 7.61. The van der Waals surface area contributed by atoms with Crippen molar-refractivity contribution < 1.29 is 9.57 Å². The second kappa shape index (κ2) is 3.15. The van der Waals surface area contributed by atoms with E-state index in [-0.39, 0.29) is 0 Å². The fourth-order valence-corrected chi connectivity index (χ4v) is 1.73. The summed E-state index contributed by atoms with van der Waals surface area (Å²) in [6.45, 7) is 3.18. The molecule has 4 heteroatoms. The molecule has 1 aliphatic rings. The molecule has 64 valence electrons. The number of thiophene rings is 1. The Morgan fingerprint density at radius 1 is 1.50 bits per heavy atom. The first-order valence-corrected chi connectivity index (χ1v) is 4.63. The molecule has 1 aromatic rings. The zero-order chi connectivity index (χ0) is 8.39. The van der Waals surface area contributed by atoms with Gasteiger partial charge in [0.05, 0.1) is 5.56 Å². The number of hydrogen-bond donors (Lipinski definition) is 0. The van der Waals surface area contributed by atoms with E-state index in [1.54, 1.807) is 11.3 Å². The summed E-state index contributed by atoms with van der Waals surface area (Å²) in [4.78, 5) is 6.14. The highest BCUT2D eigenvalue weighted by Crippen LogP contribution is 2.17. The smallest absolute Gasteiger partial charge is 0.258 e. The van der Waals surface area contributed by atoms with E-state index in [1.165, 1.54) is 4.88 Å². The van der Waals surface area contributed by atoms with Crippen molar-refractivity contribution in [3.63, 3.8) is 0 Å². The molecule has 3 nitrogen and oxygen atoms in total. The van der Waals surface area contributed by atoms with Crippen molar-refractivity contribution in [3.8, 4) is 0 Å². The minimum absolute atomic E-state index is 0.548. The van der Waals surface area contributed by atoms with Crippen LogP contribution < -0.4 is 0 Å². The van der Waals surface area contributed by atoms with Gasteiger partial charge >= 0.3 is 0 Å². The number of aryl methyl sites for hydroxylation is 1. The topological polar surface area (TPSA) is 30.8 Å². The lowest BCUT2D eigenvalue weighted by atomic mass is 10.3. The largest absolute Gasteiger partial charge is 0.471 e. The lowest BCUT2D eigenvalue weighted by Gasteiger charge is -2.12. The van der Waals surface area contributed by atoms with Crippen molar-refractivity contribution in [2.75, 3.05) is 13.2 Å². The van der Waals surface area contributed by atoms with Crippen molar-refractivity contribution in [1.29, 1.82) is 0 Å². The standard InChI is InChI=1S/C8H9NO2S/c1-6-7(2-5-12-6)8-9-11-4-3-10-8/h2,5H,3-4H2,1H3. The average molecular weight is 183 g/mol. The second-order valence-corrected chi connectivity index (χ2v) is 3.59. The maximum Gasteiger partial charge on any atom is 0.258 e. The second-order valence-electron chi connectivity index (χ2n) is 2.47. The molecule has 1 aliphatic heterocycles. The highest BCUT2D eigenvalue weighted by Gasteiger charge is 2.13. The maximum absolute atomic E-state index is 5.33. The number of oxime groups is 1. The number of nitrogens with zero attached hydrogens (tertiary/aromatic N) is 1. The zero-order valence-electron chi connectivity index (χ0n) is 6.74. The van der Waals surface area contributed by atoms with E-state index in [0.717, 1.165) is 5.56 Å². The summed E-state index contributed by atoms with van der Waals surface area (Å²) in [6, 6.07) is 1.99. The van der Waals surface area contributed by atoms with Crippen LogP contribution in [0, 0.1) is 6.92 Å². The minimum Gasteiger partial charge on any atom is -0.471 e. The fourth-order valence-electron chi connectivity index (χ4n) is 1.04. The highest BCUT2D eigenvalue weighted by atomic mass is 32.1. The van der Waals surface area contributed by atoms with Gasteiger partial charge in [0.25, 0.3) is 5.90 Å². The van der Waals surface area contributed by atoms with Crippen LogP contribution in [0.5, 0.6) is 0 Å². The van der Waals surface area contributed by atoms with Crippen LogP contribution in [-0.4, -0.2) is 19.1 Å². The quantitative estimate of drug-likeness (QED) is 0.664. The van der Waals surface area contributed by atoms with E-state index in [4.69, 9.17) is 9.57 Å². The third kappa shape index (κ3) is 1.30. The molecule has 0 N–H and O–H groups in total. The molecule has 0 bridgehead atoms. The molecule has 0 aliphatic carbocycles. The van der Waals surface area contributed by atoms with Crippen molar-refractivity contribution in [1.82, 2.24) is 0 Å². The third-order valence-corrected chi connectivity index (χ3v) is 2.50. The minimum atomic E-state index is 0.548. The van der Waals surface area contributed by atoms with Crippen LogP contribution in [0.1, 0.15) is 10.4 Å². The van der Waals surface area contributed by atoms with E-state index in [2.05, 4.69) is 5.16 Å². The Kier molecular flexibility index (Phi) is 1.99. The summed E-state index contributed by atoms with van der Waals surface area (Å²) in [5, 5.41) is 5.85. The molecule has 0 aromatic carbocycles. The predicted molar refractivity (Wildman–Crippen MR) is 47.5 cm³/mol. The van der Waals surface area contributed by atoms with Gasteiger partial charge in [-0.25, -0.2) is 0 Å². The normalized spacial score (nSPS) is 16.2. The lowest BCUT2D eigenvalue weighted by molar-refractivity contribution is 0.0655. The molecule has 1 aromatic heterocycles. The van der Waals surface area contributed by atoms with Crippen LogP contribution in [0.4, 0.5) is 0 Å². The van der Waals surface area contributed by atoms with Gasteiger partial charge in [-0.1, -0.05) is 0 Å². The summed E-state index contributed by atoms with van der Waals surface area (Å²) in [5.74, 6) is 0.611. The molecule has 0 fully saturated rings. The Bertz CT molecular complexity index is 306. The van der Waals surface area contributed by atoms with Gasteiger partial charge in [-0.2, -0.15) is 0 Å². The van der Waals surface area contributed by atoms with Crippen LogP contribution in [-0.2, 0) is 9.57 Å². The number of rotatable bonds is 1. The SMILES string of the molecule is Cc1sccc1C1=NOCCO1. The van der Waals surface area contributed by atoms with Crippen LogP contribution in [0.15, 0.2) is 16.6 Å². The van der Waals surface area contributed by atoms with Gasteiger partial charge in [0, 0.05) is 4.88 Å². The van der Waals surface area contributed by atoms with E-state index in [9.17, 15) is 0 Å². The van der Waals surface area contributed by atoms with Gasteiger partial charge < -0.3 is 9.57 Å². The molecule has 2 heterocycles. The molecule has 0 unspecified atom stereocenters. The molecule has 0 spiro atoms. The molecule has 0 saturated carbocycles. The number of hydrogen-bond acceptors (Lipinski definition) is 4. The summed E-state index contributed by atoms with van der Waals surface area (Å²) >= 11 is 1.68. The van der Waals surface area contributed by atoms with Crippen LogP contribution >= 0.6 is 11.3 Å². The molecule has 0 amide bonds. The van der Waals surface area contributed by atoms with Gasteiger partial charge in [-0.15, -0.1) is 11.3 Å². The Morgan fingerprint density at radius 2 is 2.42 bits per heavy atom. The summed E-state index contributed by atoms with van der Waals surface area (Å²) in [6.07, 6.45) is 0. The monoisotopic (exact) mass is 183 g/mol. The van der Waals surface area contributed by atoms with Crippen LogP contribution in [0.25, 0.3) is 0 Å². The number of ether oxygens (including phenoxy) is 1. The summed E-state index contributed by atoms with van der Waals surface area (Å²) < 4.78 is 5.33. The molecule has 0 radical (unpaired) electrons. The van der Waals surface area contributed by atoms with Crippen LogP contribution in [0.2, 0.25) is 0 Å². The Balaban J connectivity index is 2.29. The van der Waals surface area contributed by atoms with E-state index < -0.39 is 0 Å². The van der Waals surface area contributed by atoms with E-state index in [0.29, 0.717) is 19.1 Å². The van der Waals surface area contributed by atoms with Gasteiger partial charge in [-0.3, -0.25) is 0 Å². The first-order chi connectivity index (χ1) is 5.88. The highest BCUT2D eigenvalue weighted by molar-refractivity contribution is 7.10. The fraction of sp³-hybridized carbons (Fsp3) is 0.375. The van der Waals surface area contributed by atoms with Crippen molar-refractivity contribution in [3.05, 3.63) is 21.9 Å². The van der Waals surface area contributed by atoms with Crippen molar-refractivity contribution >= 4 is 17.2 Å². The van der Waals surface area contributed by atoms with Gasteiger partial charge in [0.1, 0.15) is 6.61 Å². The van der Waals surface area contributed by atoms with Crippen molar-refractivity contribution in [2.45, 2.75) is 6.92 Å². The molecule has 0 atom stereocenters. The van der Waals surface area contributed by atoms with Gasteiger partial charge in [0.2, 0.25) is 0 Å². The maximum atomic E-state index is 5.33. The Labute approximate surface area is 74.6 Å². The molecule has 12 heavy (non-hydrogen) atoms. The van der Waals surface area contributed by atoms with Gasteiger partial charge in [0.15, 0.2) is 6.61 Å². The molecule has 2 rings (SSSR count). The van der Waals surface area contributed by atoms with Crippen LogP contribution in [0.3, 0.4) is 0 Å². The average Bonchev–Trinajstić information content (AvgIpc) is 2.53. The Hall–Kier alpha value is -1.03. The Morgan fingerprint density at radius 3 is 3.00 bits per heavy atom. The lowest BCUT2D eigenvalue weighted by Crippen LogP contribution is -2.17. The van der Waals surface area contributed by atoms with E-state index >= 15 is 0 Å². The first-order valence-electron chi connectivity index (χ1n) is 3.75. The van der Waals surface area contributed by atoms with E-state index in [1.807, 2.05) is 18.4 Å². The van der Waals surface area contributed by atoms with Crippen molar-refractivity contribution in [2.24, 2.45) is 5.16 Å². The molecular formula is C8H9NO2S. The van der Waals surface area contributed by atoms with Gasteiger partial charge in [-0.05, 0) is 23.5 Å². The molecule has 0 saturated heterocycles.